The zero-order valence-electron chi connectivity index (χ0n) is 7.88. The molecule has 70 valence electrons. The van der Waals surface area contributed by atoms with E-state index in [2.05, 4.69) is 22.3 Å². The minimum atomic E-state index is 0.491. The summed E-state index contributed by atoms with van der Waals surface area (Å²) in [4.78, 5) is 6.37. The molecule has 0 radical (unpaired) electrons. The zero-order valence-corrected chi connectivity index (χ0v) is 7.88. The van der Waals surface area contributed by atoms with Crippen LogP contribution >= 0.6 is 0 Å². The number of hydrogen-bond donors (Lipinski definition) is 2. The minimum Gasteiger partial charge on any atom is -0.370 e. The molecule has 1 saturated heterocycles. The Morgan fingerprint density at radius 1 is 1.75 bits per heavy atom. The molecule has 1 atom stereocenters. The van der Waals surface area contributed by atoms with Gasteiger partial charge in [0.05, 0.1) is 0 Å². The first kappa shape index (κ1) is 9.32. The summed E-state index contributed by atoms with van der Waals surface area (Å²) in [5, 5.41) is 3.20. The van der Waals surface area contributed by atoms with E-state index in [1.54, 1.807) is 0 Å². The number of nitrogens with one attached hydrogen (secondary N) is 1. The van der Waals surface area contributed by atoms with Gasteiger partial charge < -0.3 is 16.0 Å². The Balaban J connectivity index is 2.27. The zero-order chi connectivity index (χ0) is 8.97. The van der Waals surface area contributed by atoms with E-state index in [0.717, 1.165) is 26.1 Å². The lowest BCUT2D eigenvalue weighted by Crippen LogP contribution is -2.41. The summed E-state index contributed by atoms with van der Waals surface area (Å²) in [5.74, 6) is 0.581. The third kappa shape index (κ3) is 2.70. The van der Waals surface area contributed by atoms with Crippen LogP contribution in [0.2, 0.25) is 0 Å². The maximum absolute atomic E-state index is 5.63. The molecule has 0 aliphatic carbocycles. The molecule has 1 aliphatic rings. The van der Waals surface area contributed by atoms with Crippen molar-refractivity contribution in [3.05, 3.63) is 0 Å². The van der Waals surface area contributed by atoms with Gasteiger partial charge >= 0.3 is 0 Å². The van der Waals surface area contributed by atoms with E-state index < -0.39 is 0 Å². The summed E-state index contributed by atoms with van der Waals surface area (Å²) in [6, 6.07) is 0.491. The molecule has 0 amide bonds. The molecule has 0 aromatic rings. The highest BCUT2D eigenvalue weighted by Crippen LogP contribution is 2.05. The van der Waals surface area contributed by atoms with E-state index in [-0.39, 0.29) is 0 Å². The molecule has 0 aromatic carbocycles. The molecule has 0 aromatic heterocycles. The van der Waals surface area contributed by atoms with E-state index in [1.807, 2.05) is 6.92 Å². The van der Waals surface area contributed by atoms with Gasteiger partial charge in [0.15, 0.2) is 5.96 Å². The summed E-state index contributed by atoms with van der Waals surface area (Å²) in [7, 11) is 2.12. The van der Waals surface area contributed by atoms with Crippen LogP contribution in [0.25, 0.3) is 0 Å². The lowest BCUT2D eigenvalue weighted by atomic mass is 10.3. The van der Waals surface area contributed by atoms with Crippen molar-refractivity contribution in [1.82, 2.24) is 10.2 Å². The first-order valence-corrected chi connectivity index (χ1v) is 4.47. The normalized spacial score (nSPS) is 26.2. The van der Waals surface area contributed by atoms with Crippen molar-refractivity contribution in [3.8, 4) is 0 Å². The van der Waals surface area contributed by atoms with Gasteiger partial charge in [-0.05, 0) is 26.9 Å². The maximum atomic E-state index is 5.63. The maximum Gasteiger partial charge on any atom is 0.188 e. The van der Waals surface area contributed by atoms with Crippen LogP contribution in [0.5, 0.6) is 0 Å². The van der Waals surface area contributed by atoms with E-state index >= 15 is 0 Å². The summed E-state index contributed by atoms with van der Waals surface area (Å²) in [5.41, 5.74) is 5.63. The Labute approximate surface area is 73.8 Å². The number of guanidine groups is 1. The lowest BCUT2D eigenvalue weighted by Gasteiger charge is -2.12. The van der Waals surface area contributed by atoms with Crippen LogP contribution in [0, 0.1) is 0 Å². The molecular formula is C8H18N4. The molecule has 0 bridgehead atoms. The van der Waals surface area contributed by atoms with Crippen LogP contribution in [-0.2, 0) is 0 Å². The molecule has 1 fully saturated rings. The van der Waals surface area contributed by atoms with Gasteiger partial charge in [0, 0.05) is 19.1 Å². The van der Waals surface area contributed by atoms with Crippen molar-refractivity contribution >= 4 is 5.96 Å². The van der Waals surface area contributed by atoms with Crippen molar-refractivity contribution in [2.45, 2.75) is 19.4 Å². The van der Waals surface area contributed by atoms with Crippen LogP contribution in [0.15, 0.2) is 4.99 Å². The quantitative estimate of drug-likeness (QED) is 0.438. The van der Waals surface area contributed by atoms with Gasteiger partial charge in [-0.3, -0.25) is 4.99 Å². The molecule has 1 unspecified atom stereocenters. The van der Waals surface area contributed by atoms with Gasteiger partial charge in [0.25, 0.3) is 0 Å². The number of rotatable bonds is 2. The third-order valence-electron chi connectivity index (χ3n) is 2.07. The minimum absolute atomic E-state index is 0.491. The number of aliphatic imine (C=N–C) groups is 1. The summed E-state index contributed by atoms with van der Waals surface area (Å²) < 4.78 is 0. The van der Waals surface area contributed by atoms with Crippen molar-refractivity contribution in [2.75, 3.05) is 26.7 Å². The van der Waals surface area contributed by atoms with Crippen molar-refractivity contribution in [1.29, 1.82) is 0 Å². The molecule has 3 N–H and O–H groups in total. The largest absolute Gasteiger partial charge is 0.370 e. The second-order valence-corrected chi connectivity index (χ2v) is 3.25. The highest BCUT2D eigenvalue weighted by Gasteiger charge is 2.18. The van der Waals surface area contributed by atoms with Crippen molar-refractivity contribution < 1.29 is 0 Å². The molecule has 12 heavy (non-hydrogen) atoms. The average molecular weight is 170 g/mol. The van der Waals surface area contributed by atoms with Gasteiger partial charge in [-0.15, -0.1) is 0 Å². The standard InChI is InChI=1S/C8H18N4/c1-3-10-8(9)11-7-4-5-12(2)6-7/h7H,3-6H2,1-2H3,(H3,9,10,11). The van der Waals surface area contributed by atoms with E-state index in [1.165, 1.54) is 0 Å². The lowest BCUT2D eigenvalue weighted by molar-refractivity contribution is 0.407. The first-order chi connectivity index (χ1) is 5.72. The van der Waals surface area contributed by atoms with Gasteiger partial charge in [-0.2, -0.15) is 0 Å². The van der Waals surface area contributed by atoms with Crippen LogP contribution in [0.1, 0.15) is 13.3 Å². The second kappa shape index (κ2) is 4.30. The first-order valence-electron chi connectivity index (χ1n) is 4.47. The van der Waals surface area contributed by atoms with E-state index in [4.69, 9.17) is 5.73 Å². The molecule has 1 heterocycles. The highest BCUT2D eigenvalue weighted by atomic mass is 15.2. The van der Waals surface area contributed by atoms with Crippen LogP contribution in [0.3, 0.4) is 0 Å². The third-order valence-corrected chi connectivity index (χ3v) is 2.07. The summed E-state index contributed by atoms with van der Waals surface area (Å²) in [6.45, 7) is 4.95. The van der Waals surface area contributed by atoms with Crippen LogP contribution in [0.4, 0.5) is 0 Å². The molecule has 0 saturated carbocycles. The van der Waals surface area contributed by atoms with E-state index in [9.17, 15) is 0 Å². The van der Waals surface area contributed by atoms with Gasteiger partial charge in [0.1, 0.15) is 0 Å². The van der Waals surface area contributed by atoms with Gasteiger partial charge in [-0.25, -0.2) is 0 Å². The fraction of sp³-hybridized carbons (Fsp3) is 0.875. The van der Waals surface area contributed by atoms with Crippen LogP contribution in [-0.4, -0.2) is 43.6 Å². The smallest absolute Gasteiger partial charge is 0.188 e. The fourth-order valence-corrected chi connectivity index (χ4v) is 1.48. The molecule has 4 heteroatoms. The Morgan fingerprint density at radius 2 is 2.50 bits per heavy atom. The highest BCUT2D eigenvalue weighted by molar-refractivity contribution is 5.78. The molecular weight excluding hydrogens is 152 g/mol. The predicted octanol–water partition coefficient (Wildman–Crippen LogP) is -0.385. The molecule has 4 nitrogen and oxygen atoms in total. The number of likely N-dealkylation sites (N-methyl/N-ethyl adjacent to an activating group) is 1. The van der Waals surface area contributed by atoms with Crippen molar-refractivity contribution in [3.63, 3.8) is 0 Å². The van der Waals surface area contributed by atoms with Crippen molar-refractivity contribution in [2.24, 2.45) is 10.7 Å². The molecule has 0 spiro atoms. The Morgan fingerprint density at radius 3 is 3.00 bits per heavy atom. The van der Waals surface area contributed by atoms with Crippen LogP contribution < -0.4 is 11.1 Å². The average Bonchev–Trinajstić information content (AvgIpc) is 2.36. The summed E-state index contributed by atoms with van der Waals surface area (Å²) >= 11 is 0. The molecule has 1 rings (SSSR count). The number of nitrogens with two attached hydrogens (primary N) is 1. The van der Waals surface area contributed by atoms with E-state index in [0.29, 0.717) is 12.0 Å². The Bertz CT molecular complexity index is 166. The monoisotopic (exact) mass is 170 g/mol. The predicted molar refractivity (Wildman–Crippen MR) is 51.2 cm³/mol. The Kier molecular flexibility index (Phi) is 3.34. The second-order valence-electron chi connectivity index (χ2n) is 3.25. The van der Waals surface area contributed by atoms with Gasteiger partial charge in [0.2, 0.25) is 0 Å². The number of hydrogen-bond acceptors (Lipinski definition) is 2. The molecule has 1 aliphatic heterocycles. The Hall–Kier alpha value is -0.770. The number of likely N-dealkylation sites (tertiary alicyclic amines) is 1. The SMILES string of the molecule is CCN=C(N)NC1CCN(C)C1. The number of nitrogens with zero attached hydrogens (tertiary/aromatic N) is 2. The topological polar surface area (TPSA) is 53.6 Å². The summed E-state index contributed by atoms with van der Waals surface area (Å²) in [6.07, 6.45) is 1.16. The van der Waals surface area contributed by atoms with Gasteiger partial charge in [-0.1, -0.05) is 0 Å². The fourth-order valence-electron chi connectivity index (χ4n) is 1.48.